The van der Waals surface area contributed by atoms with Crippen LogP contribution in [0, 0.1) is 5.82 Å². The summed E-state index contributed by atoms with van der Waals surface area (Å²) in [6.45, 7) is 0.930. The summed E-state index contributed by atoms with van der Waals surface area (Å²) in [5, 5.41) is 13.6. The lowest BCUT2D eigenvalue weighted by Gasteiger charge is -2.38. The number of nitrogens with zero attached hydrogens (tertiary/aromatic N) is 1. The molecule has 0 radical (unpaired) electrons. The van der Waals surface area contributed by atoms with E-state index in [1.54, 1.807) is 24.3 Å². The van der Waals surface area contributed by atoms with Crippen LogP contribution in [0.15, 0.2) is 48.5 Å². The molecule has 5 nitrogen and oxygen atoms in total. The molecule has 2 N–H and O–H groups in total. The molecule has 0 atom stereocenters. The number of likely N-dealkylation sites (tertiary alicyclic amines) is 1. The van der Waals surface area contributed by atoms with Gasteiger partial charge < -0.3 is 15.2 Å². The van der Waals surface area contributed by atoms with Gasteiger partial charge in [-0.05, 0) is 36.6 Å². The Bertz CT molecular complexity index is 881. The number of carbonyl (C=O) groups excluding carboxylic acids is 1. The molecular formula is C21H22F4N2O3. The fraction of sp³-hybridized carbons (Fsp3) is 0.381. The zero-order valence-electron chi connectivity index (χ0n) is 16.1. The molecule has 1 aliphatic rings. The molecule has 0 unspecified atom stereocenters. The first kappa shape index (κ1) is 22.0. The van der Waals surface area contributed by atoms with Crippen LogP contribution in [0.3, 0.4) is 0 Å². The van der Waals surface area contributed by atoms with E-state index in [1.807, 2.05) is 4.90 Å². The van der Waals surface area contributed by atoms with Crippen molar-refractivity contribution in [2.24, 2.45) is 0 Å². The average Bonchev–Trinajstić information content (AvgIpc) is 2.68. The second kappa shape index (κ2) is 9.01. The van der Waals surface area contributed by atoms with Gasteiger partial charge in [0.25, 0.3) is 0 Å². The summed E-state index contributed by atoms with van der Waals surface area (Å²) >= 11 is 0. The highest BCUT2D eigenvalue weighted by Crippen LogP contribution is 2.35. The molecule has 1 fully saturated rings. The lowest BCUT2D eigenvalue weighted by molar-refractivity contribution is -0.274. The van der Waals surface area contributed by atoms with Crippen LogP contribution in [-0.4, -0.2) is 41.9 Å². The van der Waals surface area contributed by atoms with Crippen LogP contribution >= 0.6 is 0 Å². The summed E-state index contributed by atoms with van der Waals surface area (Å²) in [6.07, 6.45) is -4.30. The fourth-order valence-electron chi connectivity index (χ4n) is 3.45. The second-order valence-electron chi connectivity index (χ2n) is 7.25. The van der Waals surface area contributed by atoms with Crippen LogP contribution in [0.2, 0.25) is 0 Å². The first-order valence-electron chi connectivity index (χ1n) is 9.46. The highest BCUT2D eigenvalue weighted by atomic mass is 19.4. The number of piperidine rings is 1. The van der Waals surface area contributed by atoms with Gasteiger partial charge in [0.2, 0.25) is 5.91 Å². The van der Waals surface area contributed by atoms with E-state index >= 15 is 0 Å². The molecule has 0 aliphatic carbocycles. The quantitative estimate of drug-likeness (QED) is 0.696. The molecule has 0 saturated carbocycles. The van der Waals surface area contributed by atoms with Gasteiger partial charge in [0.15, 0.2) is 0 Å². The van der Waals surface area contributed by atoms with E-state index in [0.29, 0.717) is 24.2 Å². The molecule has 2 aromatic carbocycles. The van der Waals surface area contributed by atoms with Gasteiger partial charge in [0.05, 0.1) is 12.1 Å². The first-order valence-corrected chi connectivity index (χ1v) is 9.46. The minimum Gasteiger partial charge on any atom is -0.406 e. The van der Waals surface area contributed by atoms with Crippen LogP contribution in [0.25, 0.3) is 0 Å². The molecule has 9 heteroatoms. The van der Waals surface area contributed by atoms with Gasteiger partial charge in [-0.1, -0.05) is 30.3 Å². The number of hydrogen-bond donors (Lipinski definition) is 2. The normalized spacial score (nSPS) is 16.8. The van der Waals surface area contributed by atoms with Gasteiger partial charge in [-0.25, -0.2) is 4.39 Å². The lowest BCUT2D eigenvalue weighted by atomic mass is 9.84. The van der Waals surface area contributed by atoms with Crippen molar-refractivity contribution in [1.29, 1.82) is 0 Å². The SMILES string of the molecule is O=C(CN1CCC(O)(c2cccc(OC(F)(F)F)c2)CC1)NCc1ccccc1F. The van der Waals surface area contributed by atoms with E-state index < -0.39 is 17.8 Å². The second-order valence-corrected chi connectivity index (χ2v) is 7.25. The van der Waals surface area contributed by atoms with Gasteiger partial charge >= 0.3 is 6.36 Å². The highest BCUT2D eigenvalue weighted by Gasteiger charge is 2.36. The monoisotopic (exact) mass is 426 g/mol. The zero-order valence-corrected chi connectivity index (χ0v) is 16.1. The lowest BCUT2D eigenvalue weighted by Crippen LogP contribution is -2.46. The Hall–Kier alpha value is -2.65. The largest absolute Gasteiger partial charge is 0.573 e. The number of halogens is 4. The summed E-state index contributed by atoms with van der Waals surface area (Å²) < 4.78 is 54.8. The van der Waals surface area contributed by atoms with Gasteiger partial charge in [0.1, 0.15) is 11.6 Å². The van der Waals surface area contributed by atoms with E-state index in [0.717, 1.165) is 0 Å². The Kier molecular flexibility index (Phi) is 6.62. The summed E-state index contributed by atoms with van der Waals surface area (Å²) in [4.78, 5) is 14.0. The van der Waals surface area contributed by atoms with Crippen molar-refractivity contribution < 1.29 is 32.2 Å². The minimum atomic E-state index is -4.80. The average molecular weight is 426 g/mol. The number of nitrogens with one attached hydrogen (secondary N) is 1. The van der Waals surface area contributed by atoms with Crippen molar-refractivity contribution in [2.45, 2.75) is 31.3 Å². The van der Waals surface area contributed by atoms with Crippen LogP contribution in [0.1, 0.15) is 24.0 Å². The number of hydrogen-bond acceptors (Lipinski definition) is 4. The minimum absolute atomic E-state index is 0.0787. The van der Waals surface area contributed by atoms with Crippen LogP contribution in [-0.2, 0) is 16.9 Å². The molecule has 3 rings (SSSR count). The van der Waals surface area contributed by atoms with Crippen LogP contribution in [0.5, 0.6) is 5.75 Å². The van der Waals surface area contributed by atoms with Crippen molar-refractivity contribution in [3.63, 3.8) is 0 Å². The topological polar surface area (TPSA) is 61.8 Å². The third kappa shape index (κ3) is 5.93. The van der Waals surface area contributed by atoms with E-state index in [4.69, 9.17) is 0 Å². The molecule has 2 aromatic rings. The summed E-state index contributed by atoms with van der Waals surface area (Å²) in [7, 11) is 0. The number of benzene rings is 2. The molecule has 162 valence electrons. The van der Waals surface area contributed by atoms with Crippen LogP contribution < -0.4 is 10.1 Å². The molecule has 30 heavy (non-hydrogen) atoms. The van der Waals surface area contributed by atoms with Crippen molar-refractivity contribution in [1.82, 2.24) is 10.2 Å². The number of rotatable bonds is 6. The Morgan fingerprint density at radius 2 is 1.83 bits per heavy atom. The Balaban J connectivity index is 1.52. The number of carbonyl (C=O) groups is 1. The predicted molar refractivity (Wildman–Crippen MR) is 101 cm³/mol. The predicted octanol–water partition coefficient (Wildman–Crippen LogP) is 3.32. The summed E-state index contributed by atoms with van der Waals surface area (Å²) in [6, 6.07) is 11.5. The molecular weight excluding hydrogens is 404 g/mol. The Morgan fingerprint density at radius 3 is 2.50 bits per heavy atom. The molecule has 1 heterocycles. The maximum absolute atomic E-state index is 13.6. The van der Waals surface area contributed by atoms with Crippen LogP contribution in [0.4, 0.5) is 17.6 Å². The molecule has 1 amide bonds. The third-order valence-electron chi connectivity index (χ3n) is 5.09. The number of amides is 1. The van der Waals surface area contributed by atoms with E-state index in [2.05, 4.69) is 10.1 Å². The zero-order chi connectivity index (χ0) is 21.8. The Morgan fingerprint density at radius 1 is 1.13 bits per heavy atom. The number of ether oxygens (including phenoxy) is 1. The molecule has 0 aromatic heterocycles. The van der Waals surface area contributed by atoms with Gasteiger partial charge in [-0.2, -0.15) is 0 Å². The third-order valence-corrected chi connectivity index (χ3v) is 5.09. The maximum atomic E-state index is 13.6. The number of alkyl halides is 3. The standard InChI is InChI=1S/C21H22F4N2O3/c22-18-7-2-1-4-15(18)13-26-19(28)14-27-10-8-20(29,9-11-27)16-5-3-6-17(12-16)30-21(23,24)25/h1-7,12,29H,8-11,13-14H2,(H,26,28). The van der Waals surface area contributed by atoms with Gasteiger partial charge in [0, 0.05) is 25.2 Å². The van der Waals surface area contributed by atoms with E-state index in [9.17, 15) is 27.5 Å². The fourth-order valence-corrected chi connectivity index (χ4v) is 3.45. The smallest absolute Gasteiger partial charge is 0.406 e. The first-order chi connectivity index (χ1) is 14.1. The molecule has 1 aliphatic heterocycles. The van der Waals surface area contributed by atoms with Crippen molar-refractivity contribution in [3.05, 3.63) is 65.5 Å². The summed E-state index contributed by atoms with van der Waals surface area (Å²) in [5.74, 6) is -1.05. The van der Waals surface area contributed by atoms with E-state index in [1.165, 1.54) is 24.3 Å². The molecule has 0 bridgehead atoms. The van der Waals surface area contributed by atoms with Crippen molar-refractivity contribution >= 4 is 5.91 Å². The molecule has 0 spiro atoms. The van der Waals surface area contributed by atoms with Gasteiger partial charge in [-0.3, -0.25) is 9.69 Å². The van der Waals surface area contributed by atoms with E-state index in [-0.39, 0.29) is 37.6 Å². The molecule has 1 saturated heterocycles. The highest BCUT2D eigenvalue weighted by molar-refractivity contribution is 5.78. The van der Waals surface area contributed by atoms with Crippen molar-refractivity contribution in [2.75, 3.05) is 19.6 Å². The number of aliphatic hydroxyl groups is 1. The maximum Gasteiger partial charge on any atom is 0.573 e. The van der Waals surface area contributed by atoms with Gasteiger partial charge in [-0.15, -0.1) is 13.2 Å². The summed E-state index contributed by atoms with van der Waals surface area (Å²) in [5.41, 5.74) is -0.571. The Labute approximate surface area is 171 Å². The van der Waals surface area contributed by atoms with Crippen molar-refractivity contribution in [3.8, 4) is 5.75 Å².